The fourth-order valence-corrected chi connectivity index (χ4v) is 1.21. The van der Waals surface area contributed by atoms with Gasteiger partial charge in [0.15, 0.2) is 0 Å². The summed E-state index contributed by atoms with van der Waals surface area (Å²) in [5, 5.41) is 9.16. The molecule has 0 fully saturated rings. The lowest BCUT2D eigenvalue weighted by Gasteiger charge is -2.23. The highest BCUT2D eigenvalue weighted by Gasteiger charge is 2.51. The molecule has 0 aliphatic heterocycles. The first-order valence-electron chi connectivity index (χ1n) is 5.55. The van der Waals surface area contributed by atoms with E-state index < -0.39 is 53.7 Å². The SMILES string of the molecule is C/C(=C(/NC(=O)C(F)(F)F)C(=O)O)[C@@H](OC(=O)C(F)(F)F)C(F)(F)F. The molecule has 0 aliphatic rings. The normalized spacial score (nSPS) is 15.1. The molecule has 144 valence electrons. The summed E-state index contributed by atoms with van der Waals surface area (Å²) in [6, 6.07) is 0. The summed E-state index contributed by atoms with van der Waals surface area (Å²) in [6.45, 7) is 0.113. The number of amides is 1. The maximum absolute atomic E-state index is 12.7. The number of esters is 1. The van der Waals surface area contributed by atoms with E-state index in [0.717, 1.165) is 0 Å². The molecule has 1 atom stereocenters. The van der Waals surface area contributed by atoms with Crippen molar-refractivity contribution in [2.75, 3.05) is 0 Å². The van der Waals surface area contributed by atoms with Gasteiger partial charge in [-0.1, -0.05) is 0 Å². The lowest BCUT2D eigenvalue weighted by molar-refractivity contribution is -0.237. The molecule has 0 aromatic rings. The van der Waals surface area contributed by atoms with Crippen LogP contribution in [0.2, 0.25) is 0 Å². The molecular weight excluding hydrogens is 385 g/mol. The summed E-state index contributed by atoms with van der Waals surface area (Å²) in [4.78, 5) is 31.9. The number of nitrogens with one attached hydrogen (secondary N) is 1. The van der Waals surface area contributed by atoms with Gasteiger partial charge in [-0.15, -0.1) is 0 Å². The van der Waals surface area contributed by atoms with E-state index in [0.29, 0.717) is 5.32 Å². The van der Waals surface area contributed by atoms with E-state index in [4.69, 9.17) is 5.11 Å². The Morgan fingerprint density at radius 3 is 1.64 bits per heavy atom. The molecule has 0 aliphatic carbocycles. The van der Waals surface area contributed by atoms with Gasteiger partial charge in [0.25, 0.3) is 0 Å². The van der Waals surface area contributed by atoms with Crippen molar-refractivity contribution in [1.82, 2.24) is 5.32 Å². The van der Waals surface area contributed by atoms with Gasteiger partial charge in [-0.05, 0) is 6.92 Å². The Hall–Kier alpha value is -2.48. The lowest BCUT2D eigenvalue weighted by atomic mass is 10.1. The van der Waals surface area contributed by atoms with Crippen molar-refractivity contribution in [3.63, 3.8) is 0 Å². The number of hydrogen-bond donors (Lipinski definition) is 2. The summed E-state index contributed by atoms with van der Waals surface area (Å²) in [6.07, 6.45) is -21.3. The highest BCUT2D eigenvalue weighted by Crippen LogP contribution is 2.32. The van der Waals surface area contributed by atoms with Gasteiger partial charge in [-0.25, -0.2) is 9.59 Å². The Morgan fingerprint density at radius 2 is 1.36 bits per heavy atom. The molecule has 0 saturated heterocycles. The second kappa shape index (κ2) is 7.18. The van der Waals surface area contributed by atoms with Gasteiger partial charge in [-0.2, -0.15) is 39.5 Å². The number of carboxylic acid groups (broad SMARTS) is 1. The van der Waals surface area contributed by atoms with Crippen molar-refractivity contribution in [3.05, 3.63) is 11.3 Å². The van der Waals surface area contributed by atoms with Crippen molar-refractivity contribution in [2.45, 2.75) is 31.6 Å². The number of carbonyl (C=O) groups is 3. The molecule has 1 amide bonds. The first-order chi connectivity index (χ1) is 10.9. The quantitative estimate of drug-likeness (QED) is 0.435. The topological polar surface area (TPSA) is 92.7 Å². The average Bonchev–Trinajstić information content (AvgIpc) is 2.36. The third-order valence-electron chi connectivity index (χ3n) is 2.25. The number of halogens is 9. The molecule has 0 heterocycles. The van der Waals surface area contributed by atoms with Crippen LogP contribution in [0.15, 0.2) is 11.3 Å². The van der Waals surface area contributed by atoms with Gasteiger partial charge in [0.2, 0.25) is 6.10 Å². The van der Waals surface area contributed by atoms with Crippen LogP contribution in [0.3, 0.4) is 0 Å². The number of rotatable bonds is 4. The van der Waals surface area contributed by atoms with Crippen LogP contribution >= 0.6 is 0 Å². The summed E-state index contributed by atoms with van der Waals surface area (Å²) < 4.78 is 113. The Morgan fingerprint density at radius 1 is 0.920 bits per heavy atom. The smallest absolute Gasteiger partial charge is 0.477 e. The first-order valence-corrected chi connectivity index (χ1v) is 5.55. The average molecular weight is 391 g/mol. The molecule has 6 nitrogen and oxygen atoms in total. The predicted octanol–water partition coefficient (Wildman–Crippen LogP) is 2.06. The largest absolute Gasteiger partial charge is 0.490 e. The molecule has 0 spiro atoms. The van der Waals surface area contributed by atoms with Crippen molar-refractivity contribution >= 4 is 17.8 Å². The van der Waals surface area contributed by atoms with Crippen LogP contribution in [0.4, 0.5) is 39.5 Å². The van der Waals surface area contributed by atoms with E-state index in [1.54, 1.807) is 0 Å². The summed E-state index contributed by atoms with van der Waals surface area (Å²) in [5.74, 6) is -8.93. The van der Waals surface area contributed by atoms with Crippen molar-refractivity contribution in [3.8, 4) is 0 Å². The van der Waals surface area contributed by atoms with Gasteiger partial charge in [0, 0.05) is 5.57 Å². The number of carbonyl (C=O) groups excluding carboxylic acids is 2. The van der Waals surface area contributed by atoms with E-state index in [1.165, 1.54) is 0 Å². The van der Waals surface area contributed by atoms with Gasteiger partial charge in [0.05, 0.1) is 0 Å². The van der Waals surface area contributed by atoms with Crippen LogP contribution < -0.4 is 5.32 Å². The summed E-state index contributed by atoms with van der Waals surface area (Å²) in [5.41, 5.74) is -3.88. The minimum Gasteiger partial charge on any atom is -0.477 e. The molecule has 0 saturated carbocycles. The summed E-state index contributed by atoms with van der Waals surface area (Å²) >= 11 is 0. The highest BCUT2D eigenvalue weighted by atomic mass is 19.4. The third kappa shape index (κ3) is 6.50. The van der Waals surface area contributed by atoms with Crippen LogP contribution in [-0.2, 0) is 19.1 Å². The van der Waals surface area contributed by atoms with Crippen LogP contribution in [0.1, 0.15) is 6.92 Å². The number of alkyl halides is 9. The summed E-state index contributed by atoms with van der Waals surface area (Å²) in [7, 11) is 0. The van der Waals surface area contributed by atoms with E-state index in [9.17, 15) is 53.9 Å². The second-order valence-corrected chi connectivity index (χ2v) is 4.14. The molecule has 25 heavy (non-hydrogen) atoms. The van der Waals surface area contributed by atoms with Crippen molar-refractivity contribution in [1.29, 1.82) is 0 Å². The fraction of sp³-hybridized carbons (Fsp3) is 0.500. The molecular formula is C10H6F9NO5. The van der Waals surface area contributed by atoms with Crippen LogP contribution in [0, 0.1) is 0 Å². The molecule has 2 N–H and O–H groups in total. The Bertz CT molecular complexity index is 587. The Labute approximate surface area is 131 Å². The van der Waals surface area contributed by atoms with Gasteiger partial charge in [-0.3, -0.25) is 4.79 Å². The Kier molecular flexibility index (Phi) is 6.47. The molecule has 0 aromatic carbocycles. The fourth-order valence-electron chi connectivity index (χ4n) is 1.21. The number of carboxylic acids is 1. The minimum absolute atomic E-state index is 0.113. The zero-order valence-electron chi connectivity index (χ0n) is 11.6. The van der Waals surface area contributed by atoms with Gasteiger partial charge in [0.1, 0.15) is 5.70 Å². The maximum atomic E-state index is 12.7. The van der Waals surface area contributed by atoms with E-state index >= 15 is 0 Å². The molecule has 15 heteroatoms. The van der Waals surface area contributed by atoms with Crippen LogP contribution in [0.25, 0.3) is 0 Å². The molecule has 0 bridgehead atoms. The minimum atomic E-state index is -5.90. The van der Waals surface area contributed by atoms with Crippen molar-refractivity contribution in [2.24, 2.45) is 0 Å². The highest BCUT2D eigenvalue weighted by molar-refractivity contribution is 5.95. The molecule has 0 aromatic heterocycles. The maximum Gasteiger partial charge on any atom is 0.490 e. The van der Waals surface area contributed by atoms with E-state index in [1.807, 2.05) is 0 Å². The predicted molar refractivity (Wildman–Crippen MR) is 56.5 cm³/mol. The van der Waals surface area contributed by atoms with Crippen molar-refractivity contribution < 1.29 is 63.7 Å². The van der Waals surface area contributed by atoms with E-state index in [2.05, 4.69) is 4.74 Å². The van der Waals surface area contributed by atoms with E-state index in [-0.39, 0.29) is 6.92 Å². The third-order valence-corrected chi connectivity index (χ3v) is 2.25. The molecule has 0 unspecified atom stereocenters. The van der Waals surface area contributed by atoms with Crippen LogP contribution in [0.5, 0.6) is 0 Å². The second-order valence-electron chi connectivity index (χ2n) is 4.14. The molecule has 0 rings (SSSR count). The number of ether oxygens (including phenoxy) is 1. The van der Waals surface area contributed by atoms with Gasteiger partial charge < -0.3 is 15.2 Å². The standard InChI is InChI=1S/C10H6F9NO5/c1-2(3(5(21)22)20-6(23)9(14,15)16)4(8(11,12)13)25-7(24)10(17,18)19/h4H,1H3,(H,20,23)(H,21,22)/b3-2-/t4-/m1/s1. The first kappa shape index (κ1) is 22.5. The molecule has 0 radical (unpaired) electrons. The lowest BCUT2D eigenvalue weighted by Crippen LogP contribution is -2.43. The zero-order valence-corrected chi connectivity index (χ0v) is 11.6. The number of aliphatic carboxylic acids is 1. The zero-order chi connectivity index (χ0) is 20.4. The number of hydrogen-bond acceptors (Lipinski definition) is 4. The Balaban J connectivity index is 6.01. The van der Waals surface area contributed by atoms with Crippen LogP contribution in [-0.4, -0.2) is 47.6 Å². The van der Waals surface area contributed by atoms with Gasteiger partial charge >= 0.3 is 36.4 Å². The monoisotopic (exact) mass is 391 g/mol.